The molecule has 0 spiro atoms. The largest absolute Gasteiger partial charge is 0.337 e. The summed E-state index contributed by atoms with van der Waals surface area (Å²) < 4.78 is 15.4. The van der Waals surface area contributed by atoms with Crippen LogP contribution in [0, 0.1) is 5.82 Å². The second-order valence-corrected chi connectivity index (χ2v) is 8.65. The van der Waals surface area contributed by atoms with Crippen molar-refractivity contribution in [1.29, 1.82) is 0 Å². The fraction of sp³-hybridized carbons (Fsp3) is 0.348. The van der Waals surface area contributed by atoms with Crippen LogP contribution in [0.15, 0.2) is 59.8 Å². The van der Waals surface area contributed by atoms with Crippen LogP contribution >= 0.6 is 11.8 Å². The van der Waals surface area contributed by atoms with Crippen LogP contribution in [0.2, 0.25) is 0 Å². The lowest BCUT2D eigenvalue weighted by Crippen LogP contribution is -2.48. The van der Waals surface area contributed by atoms with Gasteiger partial charge in [0.05, 0.1) is 5.75 Å². The number of hydrogen-bond donors (Lipinski definition) is 0. The molecular formula is C23H25FN4OS. The standard InChI is InChI=1S/C23H25FN4OS/c1-16-7-6-8-17(2)27(16)21(29)15-30-23-26-25-22(18-9-4-3-5-10-18)28(23)20-13-11-19(24)12-14-20/h3-5,9-14,16-17H,6-8,15H2,1-2H3/t16-,17-/m0/s1. The van der Waals surface area contributed by atoms with E-state index in [1.165, 1.54) is 30.3 Å². The van der Waals surface area contributed by atoms with Gasteiger partial charge in [0.25, 0.3) is 0 Å². The van der Waals surface area contributed by atoms with E-state index < -0.39 is 0 Å². The summed E-state index contributed by atoms with van der Waals surface area (Å²) in [4.78, 5) is 15.0. The molecule has 0 N–H and O–H groups in total. The van der Waals surface area contributed by atoms with E-state index in [-0.39, 0.29) is 23.8 Å². The minimum absolute atomic E-state index is 0.120. The molecule has 30 heavy (non-hydrogen) atoms. The zero-order valence-corrected chi connectivity index (χ0v) is 18.0. The van der Waals surface area contributed by atoms with E-state index in [9.17, 15) is 9.18 Å². The van der Waals surface area contributed by atoms with Gasteiger partial charge in [-0.25, -0.2) is 4.39 Å². The fourth-order valence-corrected chi connectivity index (χ4v) is 4.90. The monoisotopic (exact) mass is 424 g/mol. The quantitative estimate of drug-likeness (QED) is 0.544. The van der Waals surface area contributed by atoms with Crippen LogP contribution < -0.4 is 0 Å². The van der Waals surface area contributed by atoms with E-state index in [1.807, 2.05) is 39.8 Å². The highest BCUT2D eigenvalue weighted by Crippen LogP contribution is 2.29. The molecule has 156 valence electrons. The molecule has 2 atom stereocenters. The number of halogens is 1. The molecule has 1 amide bonds. The summed E-state index contributed by atoms with van der Waals surface area (Å²) in [6.07, 6.45) is 3.26. The predicted octanol–water partition coefficient (Wildman–Crippen LogP) is 4.96. The molecule has 2 heterocycles. The Balaban J connectivity index is 1.62. The molecule has 1 aliphatic rings. The highest BCUT2D eigenvalue weighted by Gasteiger charge is 2.29. The zero-order valence-electron chi connectivity index (χ0n) is 17.2. The first-order chi connectivity index (χ1) is 14.5. The molecule has 1 saturated heterocycles. The number of carbonyl (C=O) groups excluding carboxylic acids is 1. The van der Waals surface area contributed by atoms with Crippen LogP contribution in [0.25, 0.3) is 17.1 Å². The summed E-state index contributed by atoms with van der Waals surface area (Å²) in [6, 6.07) is 16.5. The van der Waals surface area contributed by atoms with Crippen LogP contribution in [0.5, 0.6) is 0 Å². The van der Waals surface area contributed by atoms with Crippen LogP contribution in [0.3, 0.4) is 0 Å². The third kappa shape index (κ3) is 4.26. The van der Waals surface area contributed by atoms with Gasteiger partial charge in [0, 0.05) is 23.3 Å². The third-order valence-corrected chi connectivity index (χ3v) is 6.47. The number of nitrogens with zero attached hydrogens (tertiary/aromatic N) is 4. The molecule has 5 nitrogen and oxygen atoms in total. The third-order valence-electron chi connectivity index (χ3n) is 5.56. The molecule has 4 rings (SSSR count). The van der Waals surface area contributed by atoms with Gasteiger partial charge in [0.1, 0.15) is 5.82 Å². The first-order valence-corrected chi connectivity index (χ1v) is 11.2. The SMILES string of the molecule is C[C@H]1CCC[C@H](C)N1C(=O)CSc1nnc(-c2ccccc2)n1-c1ccc(F)cc1. The average molecular weight is 425 g/mol. The normalized spacial score (nSPS) is 19.1. The Morgan fingerprint density at radius 2 is 1.70 bits per heavy atom. The molecular weight excluding hydrogens is 399 g/mol. The highest BCUT2D eigenvalue weighted by atomic mass is 32.2. The van der Waals surface area contributed by atoms with Crippen molar-refractivity contribution < 1.29 is 9.18 Å². The molecule has 0 bridgehead atoms. The summed E-state index contributed by atoms with van der Waals surface area (Å²) in [5.74, 6) is 0.778. The van der Waals surface area contributed by atoms with Gasteiger partial charge in [-0.05, 0) is 57.4 Å². The second kappa shape index (κ2) is 9.00. The van der Waals surface area contributed by atoms with E-state index in [4.69, 9.17) is 0 Å². The number of amides is 1. The van der Waals surface area contributed by atoms with Gasteiger partial charge in [0.15, 0.2) is 11.0 Å². The van der Waals surface area contributed by atoms with Gasteiger partial charge in [0.2, 0.25) is 5.91 Å². The van der Waals surface area contributed by atoms with Crippen molar-refractivity contribution in [2.45, 2.75) is 50.4 Å². The Morgan fingerprint density at radius 1 is 1.03 bits per heavy atom. The molecule has 1 aromatic heterocycles. The number of rotatable bonds is 5. The average Bonchev–Trinajstić information content (AvgIpc) is 3.17. The Hall–Kier alpha value is -2.67. The van der Waals surface area contributed by atoms with Crippen molar-refractivity contribution in [1.82, 2.24) is 19.7 Å². The number of thioether (sulfide) groups is 1. The second-order valence-electron chi connectivity index (χ2n) is 7.70. The van der Waals surface area contributed by atoms with Crippen molar-refractivity contribution in [3.05, 3.63) is 60.4 Å². The topological polar surface area (TPSA) is 51.0 Å². The Labute approximate surface area is 180 Å². The van der Waals surface area contributed by atoms with Gasteiger partial charge in [-0.2, -0.15) is 0 Å². The number of likely N-dealkylation sites (tertiary alicyclic amines) is 1. The first-order valence-electron chi connectivity index (χ1n) is 10.3. The lowest BCUT2D eigenvalue weighted by Gasteiger charge is -2.39. The highest BCUT2D eigenvalue weighted by molar-refractivity contribution is 7.99. The summed E-state index contributed by atoms with van der Waals surface area (Å²) in [6.45, 7) is 4.24. The van der Waals surface area contributed by atoms with E-state index in [1.54, 1.807) is 12.1 Å². The minimum Gasteiger partial charge on any atom is -0.337 e. The lowest BCUT2D eigenvalue weighted by atomic mass is 9.98. The van der Waals surface area contributed by atoms with Crippen molar-refractivity contribution >= 4 is 17.7 Å². The Morgan fingerprint density at radius 3 is 2.37 bits per heavy atom. The Kier molecular flexibility index (Phi) is 6.18. The number of hydrogen-bond acceptors (Lipinski definition) is 4. The first kappa shape index (κ1) is 20.6. The number of carbonyl (C=O) groups is 1. The predicted molar refractivity (Wildman–Crippen MR) is 117 cm³/mol. The summed E-state index contributed by atoms with van der Waals surface area (Å²) in [5.41, 5.74) is 1.67. The lowest BCUT2D eigenvalue weighted by molar-refractivity contribution is -0.134. The van der Waals surface area contributed by atoms with E-state index in [2.05, 4.69) is 24.0 Å². The smallest absolute Gasteiger partial charge is 0.233 e. The number of aromatic nitrogens is 3. The number of piperidine rings is 1. The van der Waals surface area contributed by atoms with Crippen molar-refractivity contribution in [3.8, 4) is 17.1 Å². The van der Waals surface area contributed by atoms with Gasteiger partial charge in [-0.1, -0.05) is 42.1 Å². The summed E-state index contributed by atoms with van der Waals surface area (Å²) in [7, 11) is 0. The molecule has 0 saturated carbocycles. The molecule has 7 heteroatoms. The van der Waals surface area contributed by atoms with Crippen LogP contribution in [-0.4, -0.2) is 43.4 Å². The molecule has 1 fully saturated rings. The molecule has 2 aromatic carbocycles. The molecule has 0 aliphatic carbocycles. The molecule has 0 radical (unpaired) electrons. The van der Waals surface area contributed by atoms with Gasteiger partial charge in [-0.3, -0.25) is 9.36 Å². The van der Waals surface area contributed by atoms with Gasteiger partial charge in [-0.15, -0.1) is 10.2 Å². The summed E-state index contributed by atoms with van der Waals surface area (Å²) >= 11 is 1.37. The van der Waals surface area contributed by atoms with Crippen molar-refractivity contribution in [2.75, 3.05) is 5.75 Å². The maximum atomic E-state index is 13.5. The Bertz CT molecular complexity index is 996. The maximum absolute atomic E-state index is 13.5. The fourth-order valence-electron chi connectivity index (χ4n) is 4.07. The number of benzene rings is 2. The van der Waals surface area contributed by atoms with Gasteiger partial charge >= 0.3 is 0 Å². The van der Waals surface area contributed by atoms with E-state index in [0.29, 0.717) is 16.7 Å². The minimum atomic E-state index is -0.300. The van der Waals surface area contributed by atoms with Crippen LogP contribution in [0.4, 0.5) is 4.39 Å². The molecule has 1 aliphatic heterocycles. The van der Waals surface area contributed by atoms with Gasteiger partial charge < -0.3 is 4.90 Å². The van der Waals surface area contributed by atoms with Crippen molar-refractivity contribution in [2.24, 2.45) is 0 Å². The van der Waals surface area contributed by atoms with Crippen LogP contribution in [0.1, 0.15) is 33.1 Å². The summed E-state index contributed by atoms with van der Waals surface area (Å²) in [5, 5.41) is 9.35. The van der Waals surface area contributed by atoms with Crippen LogP contribution in [-0.2, 0) is 4.79 Å². The molecule has 3 aromatic rings. The van der Waals surface area contributed by atoms with E-state index in [0.717, 1.165) is 24.1 Å². The zero-order chi connectivity index (χ0) is 21.1. The maximum Gasteiger partial charge on any atom is 0.233 e. The van der Waals surface area contributed by atoms with E-state index >= 15 is 0 Å². The molecule has 0 unspecified atom stereocenters. The van der Waals surface area contributed by atoms with Crippen molar-refractivity contribution in [3.63, 3.8) is 0 Å².